The summed E-state index contributed by atoms with van der Waals surface area (Å²) in [6.45, 7) is 0. The van der Waals surface area contributed by atoms with Crippen LogP contribution < -0.4 is 5.73 Å². The van der Waals surface area contributed by atoms with Gasteiger partial charge in [0.05, 0.1) is 11.1 Å². The Morgan fingerprint density at radius 1 is 0.933 bits per heavy atom. The van der Waals surface area contributed by atoms with Crippen molar-refractivity contribution in [1.29, 1.82) is 0 Å². The number of hydrogen-bond acceptors (Lipinski definition) is 5. The zero-order chi connectivity index (χ0) is 21.5. The van der Waals surface area contributed by atoms with E-state index in [-0.39, 0.29) is 28.5 Å². The first kappa shape index (κ1) is 19.4. The third kappa shape index (κ3) is 3.45. The van der Waals surface area contributed by atoms with Gasteiger partial charge in [-0.15, -0.1) is 5.10 Å². The molecule has 0 fully saturated rings. The Bertz CT molecular complexity index is 1230. The molecule has 0 saturated heterocycles. The summed E-state index contributed by atoms with van der Waals surface area (Å²) in [7, 11) is 0. The summed E-state index contributed by atoms with van der Waals surface area (Å²) in [5.41, 5.74) is 5.49. The number of nitrogens with two attached hydrogens (primary N) is 1. The lowest BCUT2D eigenvalue weighted by atomic mass is 10.0. The maximum atomic E-state index is 14.2. The van der Waals surface area contributed by atoms with Crippen LogP contribution in [0, 0.1) is 11.6 Å². The van der Waals surface area contributed by atoms with Crippen LogP contribution in [-0.2, 0) is 6.18 Å². The summed E-state index contributed by atoms with van der Waals surface area (Å²) in [4.78, 5) is 4.00. The van der Waals surface area contributed by atoms with Crippen molar-refractivity contribution >= 4 is 5.82 Å². The lowest BCUT2D eigenvalue weighted by Crippen LogP contribution is -2.06. The van der Waals surface area contributed by atoms with E-state index in [2.05, 4.69) is 20.5 Å². The first-order chi connectivity index (χ1) is 14.3. The Kier molecular flexibility index (Phi) is 4.65. The van der Waals surface area contributed by atoms with Crippen LogP contribution in [0.25, 0.3) is 28.2 Å². The molecule has 11 heteroatoms. The number of nitrogens with zero attached hydrogens (tertiary/aromatic N) is 5. The Hall–Kier alpha value is -3.89. The molecule has 0 aliphatic rings. The molecule has 0 bridgehead atoms. The summed E-state index contributed by atoms with van der Waals surface area (Å²) in [5.74, 6) is -2.37. The van der Waals surface area contributed by atoms with Gasteiger partial charge in [-0.25, -0.2) is 13.8 Å². The molecular weight excluding hydrogens is 407 g/mol. The molecule has 2 aromatic carbocycles. The lowest BCUT2D eigenvalue weighted by Gasteiger charge is -2.11. The predicted molar refractivity (Wildman–Crippen MR) is 97.2 cm³/mol. The molecule has 2 aromatic heterocycles. The average Bonchev–Trinajstić information content (AvgIpc) is 3.19. The van der Waals surface area contributed by atoms with Crippen molar-refractivity contribution in [1.82, 2.24) is 25.2 Å². The van der Waals surface area contributed by atoms with Gasteiger partial charge in [-0.3, -0.25) is 0 Å². The lowest BCUT2D eigenvalue weighted by molar-refractivity contribution is -0.137. The number of alkyl halides is 3. The largest absolute Gasteiger partial charge is 0.416 e. The molecule has 0 amide bonds. The Labute approximate surface area is 165 Å². The summed E-state index contributed by atoms with van der Waals surface area (Å²) >= 11 is 0. The number of benzene rings is 2. The van der Waals surface area contributed by atoms with Crippen LogP contribution in [-0.4, -0.2) is 25.2 Å². The molecule has 0 aliphatic carbocycles. The molecule has 0 atom stereocenters. The van der Waals surface area contributed by atoms with Crippen molar-refractivity contribution < 1.29 is 22.0 Å². The van der Waals surface area contributed by atoms with Crippen LogP contribution in [0.5, 0.6) is 0 Å². The third-order valence-corrected chi connectivity index (χ3v) is 4.31. The second kappa shape index (κ2) is 7.17. The predicted octanol–water partition coefficient (Wildman–Crippen LogP) is 4.27. The standard InChI is InChI=1S/C19H11F5N6/c20-14-5-2-6-15(16(14)21)30-18(27-28-29-30)13-8-11(9-26-17(13)25)10-3-1-4-12(7-10)19(22,23)24/h1-9H,(H2,25,26). The van der Waals surface area contributed by atoms with Gasteiger partial charge in [0.1, 0.15) is 11.5 Å². The van der Waals surface area contributed by atoms with Crippen LogP contribution in [0.1, 0.15) is 5.56 Å². The van der Waals surface area contributed by atoms with E-state index >= 15 is 0 Å². The molecule has 2 heterocycles. The molecule has 30 heavy (non-hydrogen) atoms. The van der Waals surface area contributed by atoms with E-state index in [1.54, 1.807) is 0 Å². The minimum Gasteiger partial charge on any atom is -0.383 e. The fourth-order valence-corrected chi connectivity index (χ4v) is 2.86. The highest BCUT2D eigenvalue weighted by Gasteiger charge is 2.30. The number of halogens is 5. The second-order valence-electron chi connectivity index (χ2n) is 6.22. The minimum atomic E-state index is -4.51. The highest BCUT2D eigenvalue weighted by Crippen LogP contribution is 2.34. The summed E-state index contributed by atoms with van der Waals surface area (Å²) in [6.07, 6.45) is -3.22. The molecule has 152 valence electrons. The molecule has 0 unspecified atom stereocenters. The third-order valence-electron chi connectivity index (χ3n) is 4.31. The quantitative estimate of drug-likeness (QED) is 0.503. The molecule has 6 nitrogen and oxygen atoms in total. The van der Waals surface area contributed by atoms with Gasteiger partial charge >= 0.3 is 6.18 Å². The zero-order valence-corrected chi connectivity index (χ0v) is 14.9. The van der Waals surface area contributed by atoms with Gasteiger partial charge in [-0.1, -0.05) is 18.2 Å². The Morgan fingerprint density at radius 2 is 1.70 bits per heavy atom. The van der Waals surface area contributed by atoms with E-state index < -0.39 is 23.4 Å². The van der Waals surface area contributed by atoms with Crippen LogP contribution in [0.4, 0.5) is 27.8 Å². The van der Waals surface area contributed by atoms with E-state index in [9.17, 15) is 22.0 Å². The molecule has 0 aliphatic heterocycles. The Balaban J connectivity index is 1.84. The summed E-state index contributed by atoms with van der Waals surface area (Å²) in [6, 6.07) is 9.55. The van der Waals surface area contributed by atoms with Crippen LogP contribution in [0.3, 0.4) is 0 Å². The Morgan fingerprint density at radius 3 is 2.47 bits per heavy atom. The number of rotatable bonds is 3. The average molecular weight is 418 g/mol. The molecule has 0 radical (unpaired) electrons. The molecule has 4 aromatic rings. The van der Waals surface area contributed by atoms with Crippen molar-refractivity contribution in [3.63, 3.8) is 0 Å². The SMILES string of the molecule is Nc1ncc(-c2cccc(C(F)(F)F)c2)cc1-c1nnnn1-c1cccc(F)c1F. The number of tetrazole rings is 1. The van der Waals surface area contributed by atoms with Crippen LogP contribution >= 0.6 is 0 Å². The second-order valence-corrected chi connectivity index (χ2v) is 6.22. The van der Waals surface area contributed by atoms with Crippen LogP contribution in [0.15, 0.2) is 54.7 Å². The molecule has 0 saturated carbocycles. The molecular formula is C19H11F5N6. The fraction of sp³-hybridized carbons (Fsp3) is 0.0526. The molecule has 4 rings (SSSR count). The number of aromatic nitrogens is 5. The highest BCUT2D eigenvalue weighted by molar-refractivity contribution is 5.76. The first-order valence-electron chi connectivity index (χ1n) is 8.42. The minimum absolute atomic E-state index is 0.0430. The number of hydrogen-bond donors (Lipinski definition) is 1. The van der Waals surface area contributed by atoms with E-state index in [1.165, 1.54) is 36.5 Å². The van der Waals surface area contributed by atoms with E-state index in [0.29, 0.717) is 5.56 Å². The normalized spacial score (nSPS) is 11.6. The van der Waals surface area contributed by atoms with Gasteiger partial charge in [0.15, 0.2) is 17.5 Å². The van der Waals surface area contributed by atoms with Gasteiger partial charge in [0.2, 0.25) is 0 Å². The van der Waals surface area contributed by atoms with Crippen molar-refractivity contribution in [2.24, 2.45) is 0 Å². The van der Waals surface area contributed by atoms with Gasteiger partial charge < -0.3 is 5.73 Å². The first-order valence-corrected chi connectivity index (χ1v) is 8.42. The van der Waals surface area contributed by atoms with Crippen molar-refractivity contribution in [2.75, 3.05) is 5.73 Å². The van der Waals surface area contributed by atoms with Gasteiger partial charge in [0.25, 0.3) is 0 Å². The van der Waals surface area contributed by atoms with Crippen molar-refractivity contribution in [3.8, 4) is 28.2 Å². The summed E-state index contributed by atoms with van der Waals surface area (Å²) < 4.78 is 67.9. The summed E-state index contributed by atoms with van der Waals surface area (Å²) in [5, 5.41) is 10.9. The maximum Gasteiger partial charge on any atom is 0.416 e. The van der Waals surface area contributed by atoms with E-state index in [4.69, 9.17) is 5.73 Å². The zero-order valence-electron chi connectivity index (χ0n) is 14.9. The topological polar surface area (TPSA) is 82.5 Å². The van der Waals surface area contributed by atoms with Crippen molar-refractivity contribution in [3.05, 3.63) is 71.9 Å². The molecule has 2 N–H and O–H groups in total. The van der Waals surface area contributed by atoms with Gasteiger partial charge in [0, 0.05) is 11.8 Å². The monoisotopic (exact) mass is 418 g/mol. The fourth-order valence-electron chi connectivity index (χ4n) is 2.86. The smallest absolute Gasteiger partial charge is 0.383 e. The number of nitrogen functional groups attached to an aromatic ring is 1. The molecule has 0 spiro atoms. The van der Waals surface area contributed by atoms with E-state index in [1.807, 2.05) is 0 Å². The number of pyridine rings is 1. The highest BCUT2D eigenvalue weighted by atomic mass is 19.4. The maximum absolute atomic E-state index is 14.2. The van der Waals surface area contributed by atoms with Gasteiger partial charge in [-0.2, -0.15) is 17.9 Å². The van der Waals surface area contributed by atoms with E-state index in [0.717, 1.165) is 22.9 Å². The van der Waals surface area contributed by atoms with Crippen molar-refractivity contribution in [2.45, 2.75) is 6.18 Å². The van der Waals surface area contributed by atoms with Crippen LogP contribution in [0.2, 0.25) is 0 Å². The number of anilines is 1. The van der Waals surface area contributed by atoms with Gasteiger partial charge in [-0.05, 0) is 46.3 Å².